The second-order valence-corrected chi connectivity index (χ2v) is 7.60. The van der Waals surface area contributed by atoms with Crippen LogP contribution >= 0.6 is 0 Å². The Labute approximate surface area is 119 Å². The van der Waals surface area contributed by atoms with Crippen molar-refractivity contribution < 1.29 is 13.2 Å². The third kappa shape index (κ3) is 2.40. The highest BCUT2D eigenvalue weighted by Gasteiger charge is 2.29. The molecule has 3 rings (SSSR count). The van der Waals surface area contributed by atoms with Crippen LogP contribution in [0.1, 0.15) is 30.4 Å². The summed E-state index contributed by atoms with van der Waals surface area (Å²) in [4.78, 5) is 11.2. The highest BCUT2D eigenvalue weighted by atomic mass is 32.2. The van der Waals surface area contributed by atoms with E-state index in [4.69, 9.17) is 0 Å². The molecule has 1 aliphatic heterocycles. The standard InChI is InChI=1S/C15H19NO3S/c17-11-12-6-8-16(9-7-12)20(18,19)15-5-4-13-2-1-3-14(13)10-15/h4-5,10-12H,1-3,6-9H2. The van der Waals surface area contributed by atoms with Gasteiger partial charge >= 0.3 is 0 Å². The SMILES string of the molecule is O=CC1CCN(S(=O)(=O)c2ccc3c(c2)CCC3)CC1. The minimum absolute atomic E-state index is 0.0153. The van der Waals surface area contributed by atoms with Gasteiger partial charge in [0, 0.05) is 19.0 Å². The third-order valence-electron chi connectivity index (χ3n) is 4.40. The molecule has 0 N–H and O–H groups in total. The minimum Gasteiger partial charge on any atom is -0.303 e. The van der Waals surface area contributed by atoms with Crippen molar-refractivity contribution in [1.29, 1.82) is 0 Å². The number of carbonyl (C=O) groups excluding carboxylic acids is 1. The lowest BCUT2D eigenvalue weighted by Crippen LogP contribution is -2.38. The average molecular weight is 293 g/mol. The Hall–Kier alpha value is -1.20. The number of rotatable bonds is 3. The van der Waals surface area contributed by atoms with Gasteiger partial charge in [-0.3, -0.25) is 0 Å². The van der Waals surface area contributed by atoms with E-state index in [9.17, 15) is 13.2 Å². The van der Waals surface area contributed by atoms with Gasteiger partial charge in [0.05, 0.1) is 4.90 Å². The monoisotopic (exact) mass is 293 g/mol. The van der Waals surface area contributed by atoms with Gasteiger partial charge in [-0.05, 0) is 55.4 Å². The van der Waals surface area contributed by atoms with E-state index in [0.29, 0.717) is 30.8 Å². The molecule has 0 saturated carbocycles. The molecule has 0 unspecified atom stereocenters. The van der Waals surface area contributed by atoms with Crippen LogP contribution in [-0.4, -0.2) is 32.1 Å². The van der Waals surface area contributed by atoms with Crippen LogP contribution in [-0.2, 0) is 27.7 Å². The number of benzene rings is 1. The Morgan fingerprint density at radius 3 is 2.50 bits per heavy atom. The van der Waals surface area contributed by atoms with Crippen LogP contribution in [0.25, 0.3) is 0 Å². The highest BCUT2D eigenvalue weighted by Crippen LogP contribution is 2.28. The van der Waals surface area contributed by atoms with E-state index in [1.165, 1.54) is 15.4 Å². The summed E-state index contributed by atoms with van der Waals surface area (Å²) in [5, 5.41) is 0. The molecule has 1 heterocycles. The van der Waals surface area contributed by atoms with Gasteiger partial charge in [0.15, 0.2) is 0 Å². The molecule has 1 aromatic rings. The van der Waals surface area contributed by atoms with Gasteiger partial charge in [-0.2, -0.15) is 4.31 Å². The zero-order chi connectivity index (χ0) is 14.2. The Balaban J connectivity index is 1.83. The Morgan fingerprint density at radius 2 is 1.80 bits per heavy atom. The predicted molar refractivity (Wildman–Crippen MR) is 76.0 cm³/mol. The topological polar surface area (TPSA) is 54.5 Å². The summed E-state index contributed by atoms with van der Waals surface area (Å²) in [5.41, 5.74) is 2.46. The molecule has 0 radical (unpaired) electrons. The molecule has 1 aromatic carbocycles. The molecule has 1 fully saturated rings. The van der Waals surface area contributed by atoms with E-state index in [2.05, 4.69) is 0 Å². The molecule has 2 aliphatic rings. The van der Waals surface area contributed by atoms with Crippen molar-refractivity contribution in [3.05, 3.63) is 29.3 Å². The van der Waals surface area contributed by atoms with Gasteiger partial charge in [0.1, 0.15) is 6.29 Å². The van der Waals surface area contributed by atoms with Gasteiger partial charge in [-0.15, -0.1) is 0 Å². The first-order chi connectivity index (χ1) is 9.61. The van der Waals surface area contributed by atoms with Crippen molar-refractivity contribution in [1.82, 2.24) is 4.31 Å². The molecule has 0 aromatic heterocycles. The second-order valence-electron chi connectivity index (χ2n) is 5.66. The fraction of sp³-hybridized carbons (Fsp3) is 0.533. The van der Waals surface area contributed by atoms with Crippen molar-refractivity contribution in [2.75, 3.05) is 13.1 Å². The lowest BCUT2D eigenvalue weighted by molar-refractivity contribution is -0.112. The van der Waals surface area contributed by atoms with E-state index in [0.717, 1.165) is 25.5 Å². The van der Waals surface area contributed by atoms with Crippen molar-refractivity contribution in [2.45, 2.75) is 37.0 Å². The summed E-state index contributed by atoms with van der Waals surface area (Å²) in [5.74, 6) is 0.0153. The number of nitrogens with zero attached hydrogens (tertiary/aromatic N) is 1. The minimum atomic E-state index is -3.40. The van der Waals surface area contributed by atoms with Crippen LogP contribution in [0.2, 0.25) is 0 Å². The molecule has 1 saturated heterocycles. The molecule has 4 nitrogen and oxygen atoms in total. The summed E-state index contributed by atoms with van der Waals surface area (Å²) in [6.07, 6.45) is 5.36. The molecular formula is C15H19NO3S. The maximum atomic E-state index is 12.6. The molecule has 0 amide bonds. The molecule has 0 bridgehead atoms. The molecule has 1 aliphatic carbocycles. The normalized spacial score (nSPS) is 20.8. The number of aldehydes is 1. The average Bonchev–Trinajstić information content (AvgIpc) is 2.94. The van der Waals surface area contributed by atoms with Gasteiger partial charge in [0.25, 0.3) is 0 Å². The smallest absolute Gasteiger partial charge is 0.243 e. The fourth-order valence-corrected chi connectivity index (χ4v) is 4.63. The third-order valence-corrected chi connectivity index (χ3v) is 6.29. The van der Waals surface area contributed by atoms with Gasteiger partial charge in [-0.1, -0.05) is 6.07 Å². The van der Waals surface area contributed by atoms with E-state index in [1.807, 2.05) is 12.1 Å². The van der Waals surface area contributed by atoms with Crippen LogP contribution < -0.4 is 0 Å². The maximum absolute atomic E-state index is 12.6. The molecule has 0 atom stereocenters. The van der Waals surface area contributed by atoms with Crippen LogP contribution in [0.4, 0.5) is 0 Å². The number of hydrogen-bond donors (Lipinski definition) is 0. The first-order valence-corrected chi connectivity index (χ1v) is 8.62. The number of fused-ring (bicyclic) bond motifs is 1. The number of piperidine rings is 1. The maximum Gasteiger partial charge on any atom is 0.243 e. The second kappa shape index (κ2) is 5.30. The quantitative estimate of drug-likeness (QED) is 0.798. The van der Waals surface area contributed by atoms with Crippen molar-refractivity contribution in [3.8, 4) is 0 Å². The zero-order valence-corrected chi connectivity index (χ0v) is 12.2. The molecule has 20 heavy (non-hydrogen) atoms. The zero-order valence-electron chi connectivity index (χ0n) is 11.4. The van der Waals surface area contributed by atoms with E-state index in [1.54, 1.807) is 6.07 Å². The van der Waals surface area contributed by atoms with E-state index in [-0.39, 0.29) is 5.92 Å². The number of hydrogen-bond acceptors (Lipinski definition) is 3. The number of carbonyl (C=O) groups is 1. The molecule has 0 spiro atoms. The number of aryl methyl sites for hydroxylation is 2. The molecule has 5 heteroatoms. The van der Waals surface area contributed by atoms with Crippen molar-refractivity contribution in [2.24, 2.45) is 5.92 Å². The van der Waals surface area contributed by atoms with Crippen LogP contribution in [0.15, 0.2) is 23.1 Å². The van der Waals surface area contributed by atoms with Gasteiger partial charge in [-0.25, -0.2) is 8.42 Å². The summed E-state index contributed by atoms with van der Waals surface area (Å²) in [7, 11) is -3.40. The first kappa shape index (κ1) is 13.8. The molecular weight excluding hydrogens is 274 g/mol. The Morgan fingerprint density at radius 1 is 1.10 bits per heavy atom. The number of sulfonamides is 1. The predicted octanol–water partition coefficient (Wildman–Crippen LogP) is 1.77. The van der Waals surface area contributed by atoms with Crippen molar-refractivity contribution in [3.63, 3.8) is 0 Å². The fourth-order valence-electron chi connectivity index (χ4n) is 3.11. The summed E-state index contributed by atoms with van der Waals surface area (Å²) >= 11 is 0. The Kier molecular flexibility index (Phi) is 3.65. The van der Waals surface area contributed by atoms with E-state index < -0.39 is 10.0 Å². The Bertz CT molecular complexity index is 616. The van der Waals surface area contributed by atoms with Crippen LogP contribution in [0.3, 0.4) is 0 Å². The van der Waals surface area contributed by atoms with Crippen LogP contribution in [0.5, 0.6) is 0 Å². The summed E-state index contributed by atoms with van der Waals surface area (Å²) in [6, 6.07) is 5.52. The molecule has 108 valence electrons. The lowest BCUT2D eigenvalue weighted by Gasteiger charge is -2.28. The summed E-state index contributed by atoms with van der Waals surface area (Å²) in [6.45, 7) is 0.894. The lowest BCUT2D eigenvalue weighted by atomic mass is 10.0. The highest BCUT2D eigenvalue weighted by molar-refractivity contribution is 7.89. The van der Waals surface area contributed by atoms with Gasteiger partial charge in [0.2, 0.25) is 10.0 Å². The first-order valence-electron chi connectivity index (χ1n) is 7.18. The van der Waals surface area contributed by atoms with Crippen molar-refractivity contribution >= 4 is 16.3 Å². The largest absolute Gasteiger partial charge is 0.303 e. The van der Waals surface area contributed by atoms with Crippen LogP contribution in [0, 0.1) is 5.92 Å². The van der Waals surface area contributed by atoms with E-state index >= 15 is 0 Å². The summed E-state index contributed by atoms with van der Waals surface area (Å²) < 4.78 is 26.8. The van der Waals surface area contributed by atoms with Gasteiger partial charge < -0.3 is 4.79 Å².